The largest absolute Gasteiger partial charge is 0.480 e. The first kappa shape index (κ1) is 56.4. The average Bonchev–Trinajstić information content (AvgIpc) is 3.67. The summed E-state index contributed by atoms with van der Waals surface area (Å²) in [6, 6.07) is -0.728. The van der Waals surface area contributed by atoms with E-state index in [2.05, 4.69) is 51.9 Å². The van der Waals surface area contributed by atoms with Crippen LogP contribution in [0.25, 0.3) is 10.9 Å². The van der Waals surface area contributed by atoms with Gasteiger partial charge in [0.2, 0.25) is 41.4 Å². The molecule has 2 aromatic rings. The van der Waals surface area contributed by atoms with Crippen LogP contribution >= 0.6 is 0 Å². The van der Waals surface area contributed by atoms with Gasteiger partial charge in [-0.3, -0.25) is 48.5 Å². The number of fused-ring (bicyclic) bond motifs is 1. The van der Waals surface area contributed by atoms with E-state index < -0.39 is 96.5 Å². The van der Waals surface area contributed by atoms with Crippen molar-refractivity contribution in [3.8, 4) is 0 Å². The molecule has 376 valence electrons. The molecule has 2 rings (SSSR count). The van der Waals surface area contributed by atoms with Crippen molar-refractivity contribution in [2.24, 2.45) is 66.8 Å². The molecular formula is C41H68N18O9. The molecule has 0 saturated heterocycles. The molecule has 1 aromatic carbocycles. The summed E-state index contributed by atoms with van der Waals surface area (Å²) in [6.07, 6.45) is 1.63. The number of guanidine groups is 3. The first-order valence-corrected chi connectivity index (χ1v) is 21.8. The number of para-hydroxylation sites is 1. The highest BCUT2D eigenvalue weighted by atomic mass is 16.4. The Morgan fingerprint density at radius 3 is 1.68 bits per heavy atom. The number of amides is 7. The maximum Gasteiger partial charge on any atom is 0.326 e. The molecule has 68 heavy (non-hydrogen) atoms. The van der Waals surface area contributed by atoms with Crippen molar-refractivity contribution in [3.63, 3.8) is 0 Å². The first-order valence-electron chi connectivity index (χ1n) is 21.8. The van der Waals surface area contributed by atoms with Gasteiger partial charge in [-0.2, -0.15) is 0 Å². The number of nitrogens with zero attached hydrogens (tertiary/aromatic N) is 3. The fourth-order valence-electron chi connectivity index (χ4n) is 6.66. The van der Waals surface area contributed by atoms with Gasteiger partial charge in [0.15, 0.2) is 17.9 Å². The summed E-state index contributed by atoms with van der Waals surface area (Å²) in [4.78, 5) is 120. The van der Waals surface area contributed by atoms with E-state index >= 15 is 0 Å². The van der Waals surface area contributed by atoms with E-state index in [1.807, 2.05) is 24.3 Å². The first-order chi connectivity index (χ1) is 32.1. The summed E-state index contributed by atoms with van der Waals surface area (Å²) in [5.74, 6) is -8.22. The summed E-state index contributed by atoms with van der Waals surface area (Å²) in [5.41, 5.74) is 45.2. The van der Waals surface area contributed by atoms with Crippen LogP contribution in [0.1, 0.15) is 70.8 Å². The summed E-state index contributed by atoms with van der Waals surface area (Å²) in [5, 5.41) is 25.5. The predicted molar refractivity (Wildman–Crippen MR) is 253 cm³/mol. The van der Waals surface area contributed by atoms with Crippen molar-refractivity contribution in [2.45, 2.75) is 108 Å². The number of benzene rings is 1. The Morgan fingerprint density at radius 2 is 1.12 bits per heavy atom. The second-order valence-corrected chi connectivity index (χ2v) is 16.2. The minimum absolute atomic E-state index is 0.0116. The number of aliphatic carboxylic acids is 1. The Kier molecular flexibility index (Phi) is 24.1. The van der Waals surface area contributed by atoms with Crippen LogP contribution in [-0.2, 0) is 44.8 Å². The lowest BCUT2D eigenvalue weighted by Crippen LogP contribution is -2.59. The van der Waals surface area contributed by atoms with E-state index in [1.54, 1.807) is 20.0 Å². The second kappa shape index (κ2) is 29.0. The fourth-order valence-corrected chi connectivity index (χ4v) is 6.66. The molecule has 6 atom stereocenters. The lowest BCUT2D eigenvalue weighted by Gasteiger charge is -2.26. The maximum absolute atomic E-state index is 13.9. The van der Waals surface area contributed by atoms with Crippen LogP contribution in [0, 0.1) is 5.92 Å². The van der Waals surface area contributed by atoms with Crippen molar-refractivity contribution in [3.05, 3.63) is 36.0 Å². The molecule has 0 radical (unpaired) electrons. The third-order valence-corrected chi connectivity index (χ3v) is 9.99. The topological polar surface area (TPSA) is 490 Å². The number of aromatic nitrogens is 1. The quantitative estimate of drug-likeness (QED) is 0.0191. The van der Waals surface area contributed by atoms with E-state index in [4.69, 9.17) is 45.9 Å². The van der Waals surface area contributed by atoms with Crippen molar-refractivity contribution >= 4 is 76.1 Å². The number of H-pyrrole nitrogens is 1. The number of rotatable bonds is 31. The summed E-state index contributed by atoms with van der Waals surface area (Å²) in [6.45, 7) is 3.23. The van der Waals surface area contributed by atoms with Gasteiger partial charge >= 0.3 is 5.97 Å². The smallest absolute Gasteiger partial charge is 0.326 e. The third kappa shape index (κ3) is 21.5. The monoisotopic (exact) mass is 957 g/mol. The molecule has 1 heterocycles. The van der Waals surface area contributed by atoms with Crippen LogP contribution in [0.5, 0.6) is 0 Å². The molecule has 0 bridgehead atoms. The van der Waals surface area contributed by atoms with E-state index in [9.17, 15) is 43.5 Å². The normalized spacial score (nSPS) is 13.5. The minimum atomic E-state index is -1.68. The molecule has 27 heteroatoms. The fraction of sp³-hybridized carbons (Fsp3) is 0.537. The number of carbonyl (C=O) groups excluding carboxylic acids is 7. The zero-order chi connectivity index (χ0) is 50.9. The highest BCUT2D eigenvalue weighted by molar-refractivity contribution is 5.97. The lowest BCUT2D eigenvalue weighted by molar-refractivity contribution is -0.142. The van der Waals surface area contributed by atoms with Gasteiger partial charge in [-0.1, -0.05) is 32.0 Å². The van der Waals surface area contributed by atoms with Gasteiger partial charge in [0.1, 0.15) is 30.2 Å². The van der Waals surface area contributed by atoms with Gasteiger partial charge in [0.25, 0.3) is 0 Å². The van der Waals surface area contributed by atoms with Crippen molar-refractivity contribution in [1.82, 2.24) is 36.9 Å². The number of aromatic amines is 1. The van der Waals surface area contributed by atoms with Crippen molar-refractivity contribution in [2.75, 3.05) is 26.2 Å². The highest BCUT2D eigenvalue weighted by Crippen LogP contribution is 2.19. The van der Waals surface area contributed by atoms with Crippen LogP contribution in [0.15, 0.2) is 45.4 Å². The predicted octanol–water partition coefficient (Wildman–Crippen LogP) is -5.26. The summed E-state index contributed by atoms with van der Waals surface area (Å²) >= 11 is 0. The van der Waals surface area contributed by atoms with Gasteiger partial charge in [-0.15, -0.1) is 0 Å². The number of nitrogens with two attached hydrogens (primary N) is 8. The van der Waals surface area contributed by atoms with Crippen LogP contribution in [0.4, 0.5) is 0 Å². The van der Waals surface area contributed by atoms with Gasteiger partial charge in [0, 0.05) is 43.2 Å². The third-order valence-electron chi connectivity index (χ3n) is 9.99. The number of carboxylic acids is 1. The zero-order valence-corrected chi connectivity index (χ0v) is 38.3. The van der Waals surface area contributed by atoms with Gasteiger partial charge in [-0.25, -0.2) is 4.79 Å². The molecule has 0 fully saturated rings. The molecule has 7 amide bonds. The molecule has 0 aliphatic carbocycles. The SMILES string of the molecule is CC(C)CC(NC(=O)CNC(=O)C(Cc1c[nH]c2ccccc12)NC(=O)C(N)CCCN=C(N)N)C(=O)NC(CCCN=C(N)N)C(=O)NC(CC(N)=O)C(=O)NC(CCCN=C(N)N)C(=O)O. The number of nitrogens with one attached hydrogen (secondary N) is 7. The van der Waals surface area contributed by atoms with Crippen molar-refractivity contribution in [1.29, 1.82) is 0 Å². The van der Waals surface area contributed by atoms with Crippen LogP contribution in [-0.4, -0.2) is 138 Å². The van der Waals surface area contributed by atoms with Gasteiger partial charge < -0.3 is 87.9 Å². The molecule has 0 aliphatic rings. The van der Waals surface area contributed by atoms with Crippen LogP contribution < -0.4 is 77.8 Å². The van der Waals surface area contributed by atoms with E-state index in [1.165, 1.54) is 0 Å². The van der Waals surface area contributed by atoms with Gasteiger partial charge in [-0.05, 0) is 62.5 Å². The number of carboxylic acid groups (broad SMARTS) is 1. The second-order valence-electron chi connectivity index (χ2n) is 16.2. The molecule has 0 aliphatic heterocycles. The summed E-state index contributed by atoms with van der Waals surface area (Å²) in [7, 11) is 0. The number of carbonyl (C=O) groups is 8. The molecule has 0 saturated carbocycles. The Labute approximate surface area is 392 Å². The number of aliphatic imine (C=N–C) groups is 3. The molecule has 0 spiro atoms. The van der Waals surface area contributed by atoms with Crippen LogP contribution in [0.3, 0.4) is 0 Å². The summed E-state index contributed by atoms with van der Waals surface area (Å²) < 4.78 is 0. The standard InChI is InChI=1S/C41H68N18O9/c1-21(2)16-28(55-32(61)20-54-34(63)29(17-22-19-53-25-10-4-3-8-23(22)25)58-33(62)24(42)9-5-13-50-39(44)45)36(65)56-26(11-6-14-51-40(46)47)35(64)59-30(18-31(43)60)37(66)57-27(38(67)68)12-7-15-52-41(48)49/h3-4,8,10,19,21,24,26-30,53H,5-7,9,11-18,20,42H2,1-2H3,(H2,43,60)(H,54,63)(H,55,61)(H,56,65)(H,57,66)(H,58,62)(H,59,64)(H,67,68)(H4,44,45,50)(H4,46,47,51)(H4,48,49,52). The van der Waals surface area contributed by atoms with Crippen LogP contribution in [0.2, 0.25) is 0 Å². The average molecular weight is 957 g/mol. The molecule has 6 unspecified atom stereocenters. The number of hydrogen-bond donors (Lipinski definition) is 16. The number of primary amides is 1. The van der Waals surface area contributed by atoms with Crippen molar-refractivity contribution < 1.29 is 43.5 Å². The molecule has 1 aromatic heterocycles. The Morgan fingerprint density at radius 1 is 0.618 bits per heavy atom. The van der Waals surface area contributed by atoms with E-state index in [0.717, 1.165) is 10.9 Å². The Bertz CT molecular complexity index is 2130. The Balaban J connectivity index is 2.28. The highest BCUT2D eigenvalue weighted by Gasteiger charge is 2.33. The van der Waals surface area contributed by atoms with E-state index in [-0.39, 0.29) is 88.4 Å². The zero-order valence-electron chi connectivity index (χ0n) is 38.3. The number of hydrogen-bond acceptors (Lipinski definition) is 12. The van der Waals surface area contributed by atoms with E-state index in [0.29, 0.717) is 12.0 Å². The Hall–Kier alpha value is -7.71. The van der Waals surface area contributed by atoms with Gasteiger partial charge in [0.05, 0.1) is 19.0 Å². The molecule has 27 nitrogen and oxygen atoms in total. The minimum Gasteiger partial charge on any atom is -0.480 e. The lowest BCUT2D eigenvalue weighted by atomic mass is 10.0. The molecule has 24 N–H and O–H groups in total. The molecular weight excluding hydrogens is 889 g/mol. The maximum atomic E-state index is 13.9.